The van der Waals surface area contributed by atoms with Gasteiger partial charge in [0.25, 0.3) is 0 Å². The first-order valence-corrected chi connectivity index (χ1v) is 6.02. The fourth-order valence-corrected chi connectivity index (χ4v) is 2.19. The maximum atomic E-state index is 11.6. The van der Waals surface area contributed by atoms with Crippen LogP contribution in [0.5, 0.6) is 0 Å². The highest BCUT2D eigenvalue weighted by molar-refractivity contribution is 5.77. The molecule has 0 radical (unpaired) electrons. The highest BCUT2D eigenvalue weighted by Gasteiger charge is 2.34. The Bertz CT molecular complexity index is 399. The Morgan fingerprint density at radius 3 is 2.53 bits per heavy atom. The van der Waals surface area contributed by atoms with Crippen LogP contribution in [0, 0.1) is 6.92 Å². The molecule has 1 saturated heterocycles. The molecule has 2 rings (SSSR count). The maximum Gasteiger partial charge on any atom is 0.323 e. The van der Waals surface area contributed by atoms with Crippen molar-refractivity contribution in [2.75, 3.05) is 7.05 Å². The molecule has 1 aliphatic rings. The van der Waals surface area contributed by atoms with E-state index in [0.29, 0.717) is 0 Å². The number of benzene rings is 1. The van der Waals surface area contributed by atoms with Crippen molar-refractivity contribution >= 4 is 5.97 Å². The minimum atomic E-state index is -0.0914. The molecular weight excluding hydrogens is 214 g/mol. The summed E-state index contributed by atoms with van der Waals surface area (Å²) in [4.78, 5) is 13.7. The van der Waals surface area contributed by atoms with Crippen LogP contribution in [0.25, 0.3) is 0 Å². The van der Waals surface area contributed by atoms with Gasteiger partial charge in [0, 0.05) is 13.0 Å². The first-order chi connectivity index (χ1) is 8.06. The number of hydrogen-bond donors (Lipinski definition) is 0. The number of carbonyl (C=O) groups excluding carboxylic acids is 1. The second kappa shape index (κ2) is 4.88. The third kappa shape index (κ3) is 2.86. The van der Waals surface area contributed by atoms with E-state index in [1.165, 1.54) is 11.1 Å². The molecule has 0 spiro atoms. The lowest BCUT2D eigenvalue weighted by Crippen LogP contribution is -2.34. The summed E-state index contributed by atoms with van der Waals surface area (Å²) in [6, 6.07) is 8.31. The number of hydrogen-bond acceptors (Lipinski definition) is 3. The normalized spacial score (nSPS) is 24.1. The topological polar surface area (TPSA) is 29.5 Å². The number of carbonyl (C=O) groups is 1. The van der Waals surface area contributed by atoms with Gasteiger partial charge in [-0.3, -0.25) is 9.69 Å². The number of aryl methyl sites for hydroxylation is 1. The smallest absolute Gasteiger partial charge is 0.323 e. The summed E-state index contributed by atoms with van der Waals surface area (Å²) in [6.45, 7) is 4.80. The molecule has 92 valence electrons. The Balaban J connectivity index is 1.99. The van der Waals surface area contributed by atoms with E-state index in [4.69, 9.17) is 4.74 Å². The Labute approximate surface area is 102 Å². The average molecular weight is 233 g/mol. The average Bonchev–Trinajstić information content (AvgIpc) is 2.61. The third-order valence-corrected chi connectivity index (χ3v) is 3.23. The molecule has 0 bridgehead atoms. The molecule has 3 heteroatoms. The van der Waals surface area contributed by atoms with Crippen LogP contribution in [0.4, 0.5) is 0 Å². The van der Waals surface area contributed by atoms with Crippen LogP contribution >= 0.6 is 0 Å². The molecule has 1 fully saturated rings. The van der Waals surface area contributed by atoms with Crippen molar-refractivity contribution in [1.29, 1.82) is 0 Å². The summed E-state index contributed by atoms with van der Waals surface area (Å²) < 4.78 is 5.17. The van der Waals surface area contributed by atoms with Crippen LogP contribution in [-0.4, -0.2) is 30.1 Å². The molecular formula is C14H19NO2. The molecule has 0 saturated carbocycles. The number of ether oxygens (including phenoxy) is 1. The van der Waals surface area contributed by atoms with Crippen molar-refractivity contribution in [1.82, 2.24) is 4.90 Å². The standard InChI is InChI=1S/C14H19NO2/c1-10-4-6-12(7-5-10)9-15(3)13-8-11(2)17-14(13)16/h4-7,11,13H,8-9H2,1-3H3/t11-,13+/m0/s1. The Kier molecular flexibility index (Phi) is 3.48. The van der Waals surface area contributed by atoms with Crippen LogP contribution in [0.15, 0.2) is 24.3 Å². The van der Waals surface area contributed by atoms with Gasteiger partial charge in [0.05, 0.1) is 0 Å². The molecule has 1 aliphatic heterocycles. The van der Waals surface area contributed by atoms with E-state index in [-0.39, 0.29) is 18.1 Å². The summed E-state index contributed by atoms with van der Waals surface area (Å²) in [5, 5.41) is 0. The maximum absolute atomic E-state index is 11.6. The third-order valence-electron chi connectivity index (χ3n) is 3.23. The van der Waals surface area contributed by atoms with Gasteiger partial charge >= 0.3 is 5.97 Å². The molecule has 0 aromatic heterocycles. The number of likely N-dealkylation sites (N-methyl/N-ethyl adjacent to an activating group) is 1. The SMILES string of the molecule is Cc1ccc(CN(C)[C@@H]2C[C@H](C)OC2=O)cc1. The van der Waals surface area contributed by atoms with E-state index in [1.54, 1.807) is 0 Å². The number of esters is 1. The highest BCUT2D eigenvalue weighted by Crippen LogP contribution is 2.20. The minimum Gasteiger partial charge on any atom is -0.461 e. The zero-order chi connectivity index (χ0) is 12.4. The van der Waals surface area contributed by atoms with Gasteiger partial charge in [0.2, 0.25) is 0 Å². The van der Waals surface area contributed by atoms with Crippen LogP contribution < -0.4 is 0 Å². The highest BCUT2D eigenvalue weighted by atomic mass is 16.6. The van der Waals surface area contributed by atoms with Crippen LogP contribution in [0.1, 0.15) is 24.5 Å². The molecule has 3 nitrogen and oxygen atoms in total. The lowest BCUT2D eigenvalue weighted by molar-refractivity contribution is -0.144. The lowest BCUT2D eigenvalue weighted by Gasteiger charge is -2.21. The minimum absolute atomic E-state index is 0.0490. The van der Waals surface area contributed by atoms with Crippen LogP contribution in [0.2, 0.25) is 0 Å². The van der Waals surface area contributed by atoms with Gasteiger partial charge in [-0.25, -0.2) is 0 Å². The molecule has 1 aromatic carbocycles. The summed E-state index contributed by atoms with van der Waals surface area (Å²) in [5.41, 5.74) is 2.48. The van der Waals surface area contributed by atoms with E-state index in [9.17, 15) is 4.79 Å². The van der Waals surface area contributed by atoms with Gasteiger partial charge in [-0.2, -0.15) is 0 Å². The summed E-state index contributed by atoms with van der Waals surface area (Å²) >= 11 is 0. The molecule has 1 aromatic rings. The van der Waals surface area contributed by atoms with Gasteiger partial charge in [0.15, 0.2) is 0 Å². The van der Waals surface area contributed by atoms with E-state index < -0.39 is 0 Å². The summed E-state index contributed by atoms with van der Waals surface area (Å²) in [6.07, 6.45) is 0.842. The first-order valence-electron chi connectivity index (χ1n) is 6.02. The summed E-state index contributed by atoms with van der Waals surface area (Å²) in [7, 11) is 1.98. The van der Waals surface area contributed by atoms with E-state index in [2.05, 4.69) is 36.1 Å². The number of nitrogens with zero attached hydrogens (tertiary/aromatic N) is 1. The van der Waals surface area contributed by atoms with Crippen LogP contribution in [-0.2, 0) is 16.1 Å². The fourth-order valence-electron chi connectivity index (χ4n) is 2.19. The van der Waals surface area contributed by atoms with E-state index in [0.717, 1.165) is 13.0 Å². The lowest BCUT2D eigenvalue weighted by atomic mass is 10.1. The predicted molar refractivity (Wildman–Crippen MR) is 66.6 cm³/mol. The van der Waals surface area contributed by atoms with Crippen molar-refractivity contribution in [2.24, 2.45) is 0 Å². The largest absolute Gasteiger partial charge is 0.461 e. The van der Waals surface area contributed by atoms with Crippen LogP contribution in [0.3, 0.4) is 0 Å². The molecule has 1 heterocycles. The number of rotatable bonds is 3. The molecule has 17 heavy (non-hydrogen) atoms. The Morgan fingerprint density at radius 1 is 1.35 bits per heavy atom. The Hall–Kier alpha value is -1.35. The zero-order valence-corrected chi connectivity index (χ0v) is 10.6. The molecule has 2 atom stereocenters. The quantitative estimate of drug-likeness (QED) is 0.749. The van der Waals surface area contributed by atoms with Gasteiger partial charge in [0.1, 0.15) is 12.1 Å². The van der Waals surface area contributed by atoms with E-state index in [1.807, 2.05) is 14.0 Å². The van der Waals surface area contributed by atoms with Gasteiger partial charge in [-0.05, 0) is 26.5 Å². The number of cyclic esters (lactones) is 1. The van der Waals surface area contributed by atoms with E-state index >= 15 is 0 Å². The molecule has 0 unspecified atom stereocenters. The van der Waals surface area contributed by atoms with Crippen molar-refractivity contribution in [3.8, 4) is 0 Å². The van der Waals surface area contributed by atoms with Gasteiger partial charge in [-0.1, -0.05) is 29.8 Å². The molecule has 0 N–H and O–H groups in total. The molecule has 0 aliphatic carbocycles. The van der Waals surface area contributed by atoms with Crippen molar-refractivity contribution in [3.63, 3.8) is 0 Å². The van der Waals surface area contributed by atoms with Crippen molar-refractivity contribution < 1.29 is 9.53 Å². The second-order valence-corrected chi connectivity index (χ2v) is 4.90. The molecule has 0 amide bonds. The predicted octanol–water partition coefficient (Wildman–Crippen LogP) is 2.13. The van der Waals surface area contributed by atoms with Crippen molar-refractivity contribution in [3.05, 3.63) is 35.4 Å². The fraction of sp³-hybridized carbons (Fsp3) is 0.500. The first kappa shape index (κ1) is 12.1. The zero-order valence-electron chi connectivity index (χ0n) is 10.6. The Morgan fingerprint density at radius 2 is 2.00 bits per heavy atom. The van der Waals surface area contributed by atoms with Gasteiger partial charge in [-0.15, -0.1) is 0 Å². The monoisotopic (exact) mass is 233 g/mol. The van der Waals surface area contributed by atoms with Gasteiger partial charge < -0.3 is 4.74 Å². The van der Waals surface area contributed by atoms with Crippen molar-refractivity contribution in [2.45, 2.75) is 39.0 Å². The second-order valence-electron chi connectivity index (χ2n) is 4.90. The summed E-state index contributed by atoms with van der Waals surface area (Å²) in [5.74, 6) is -0.0906.